The van der Waals surface area contributed by atoms with Gasteiger partial charge in [0.15, 0.2) is 29.6 Å². The lowest BCUT2D eigenvalue weighted by atomic mass is 10.1. The number of aromatic nitrogens is 5. The van der Waals surface area contributed by atoms with Crippen molar-refractivity contribution in [3.8, 4) is 0 Å². The molecule has 0 radical (unpaired) electrons. The molecular formula is C22H22N6O10. The van der Waals surface area contributed by atoms with Gasteiger partial charge in [-0.1, -0.05) is 23.4 Å². The first-order valence-corrected chi connectivity index (χ1v) is 11.2. The van der Waals surface area contributed by atoms with Gasteiger partial charge in [-0.2, -0.15) is 0 Å². The van der Waals surface area contributed by atoms with Crippen LogP contribution < -0.4 is 5.56 Å². The summed E-state index contributed by atoms with van der Waals surface area (Å²) >= 11 is 0. The summed E-state index contributed by atoms with van der Waals surface area (Å²) in [6.45, 7) is 2.93. The van der Waals surface area contributed by atoms with Gasteiger partial charge in [0.05, 0.1) is 23.4 Å². The van der Waals surface area contributed by atoms with E-state index in [-0.39, 0.29) is 35.6 Å². The van der Waals surface area contributed by atoms with Gasteiger partial charge in [-0.25, -0.2) is 9.67 Å². The molecule has 2 aromatic heterocycles. The second-order valence-corrected chi connectivity index (χ2v) is 8.28. The molecule has 0 N–H and O–H groups in total. The van der Waals surface area contributed by atoms with Crippen LogP contribution >= 0.6 is 0 Å². The van der Waals surface area contributed by atoms with Gasteiger partial charge in [-0.3, -0.25) is 33.9 Å². The standard InChI is InChI=1S/C22H22N6O10/c1-11(29)35-9-16-18(36-12(2)30)19(37-13(3)31)22(38-16)26-10-23-17-20(26)24-25-27(21(17)32)8-14-6-4-5-7-15(14)28(33)34/h4-7,10,16,18-19,22H,8-9H2,1-3H3/t16-,18-,19-,22-/m1/s1. The molecule has 16 heteroatoms. The van der Waals surface area contributed by atoms with E-state index in [9.17, 15) is 29.3 Å². The van der Waals surface area contributed by atoms with Gasteiger partial charge < -0.3 is 18.9 Å². The van der Waals surface area contributed by atoms with E-state index in [1.165, 1.54) is 36.0 Å². The molecule has 4 atom stereocenters. The van der Waals surface area contributed by atoms with E-state index in [4.69, 9.17) is 18.9 Å². The van der Waals surface area contributed by atoms with Gasteiger partial charge in [0.2, 0.25) is 0 Å². The Balaban J connectivity index is 1.72. The summed E-state index contributed by atoms with van der Waals surface area (Å²) in [5.41, 5.74) is -0.839. The summed E-state index contributed by atoms with van der Waals surface area (Å²) in [6, 6.07) is 5.88. The lowest BCUT2D eigenvalue weighted by Crippen LogP contribution is -2.40. The fourth-order valence-electron chi connectivity index (χ4n) is 4.05. The summed E-state index contributed by atoms with van der Waals surface area (Å²) in [4.78, 5) is 63.0. The van der Waals surface area contributed by atoms with Crippen molar-refractivity contribution >= 4 is 34.8 Å². The topological polar surface area (TPSA) is 197 Å². The number of para-hydroxylation sites is 1. The van der Waals surface area contributed by atoms with E-state index in [1.807, 2.05) is 0 Å². The molecule has 1 aromatic carbocycles. The van der Waals surface area contributed by atoms with Crippen molar-refractivity contribution in [2.75, 3.05) is 6.61 Å². The van der Waals surface area contributed by atoms with E-state index in [2.05, 4.69) is 15.3 Å². The van der Waals surface area contributed by atoms with Gasteiger partial charge >= 0.3 is 17.9 Å². The van der Waals surface area contributed by atoms with Crippen molar-refractivity contribution in [3.63, 3.8) is 0 Å². The van der Waals surface area contributed by atoms with Crippen molar-refractivity contribution in [1.29, 1.82) is 0 Å². The number of nitro groups is 1. The fraction of sp³-hybridized carbons (Fsp3) is 0.409. The minimum atomic E-state index is -1.22. The third-order valence-electron chi connectivity index (χ3n) is 5.58. The van der Waals surface area contributed by atoms with Crippen molar-refractivity contribution in [2.45, 2.75) is 51.9 Å². The Hall–Kier alpha value is -4.73. The summed E-state index contributed by atoms with van der Waals surface area (Å²) in [5, 5.41) is 19.3. The number of esters is 3. The lowest BCUT2D eigenvalue weighted by molar-refractivity contribution is -0.385. The molecule has 3 aromatic rings. The average molecular weight is 530 g/mol. The maximum absolute atomic E-state index is 13.1. The second-order valence-electron chi connectivity index (χ2n) is 8.28. The molecule has 200 valence electrons. The van der Waals surface area contributed by atoms with E-state index in [0.29, 0.717) is 0 Å². The number of hydrogen-bond acceptors (Lipinski definition) is 13. The quantitative estimate of drug-likeness (QED) is 0.167. The van der Waals surface area contributed by atoms with E-state index < -0.39 is 52.9 Å². The molecule has 0 aliphatic carbocycles. The molecule has 16 nitrogen and oxygen atoms in total. The van der Waals surface area contributed by atoms with Crippen LogP contribution in [-0.2, 0) is 39.9 Å². The van der Waals surface area contributed by atoms with Gasteiger partial charge in [0.1, 0.15) is 12.7 Å². The molecule has 1 aliphatic heterocycles. The molecule has 4 rings (SSSR count). The van der Waals surface area contributed by atoms with Crippen LogP contribution in [0, 0.1) is 10.1 Å². The molecule has 0 bridgehead atoms. The molecule has 38 heavy (non-hydrogen) atoms. The number of benzene rings is 1. The first kappa shape index (κ1) is 26.3. The molecule has 0 spiro atoms. The molecule has 1 saturated heterocycles. The average Bonchev–Trinajstić information content (AvgIpc) is 3.41. The van der Waals surface area contributed by atoms with Crippen LogP contribution in [0.5, 0.6) is 0 Å². The summed E-state index contributed by atoms with van der Waals surface area (Å²) in [7, 11) is 0. The highest BCUT2D eigenvalue weighted by Gasteiger charge is 2.51. The Morgan fingerprint density at radius 3 is 2.42 bits per heavy atom. The minimum absolute atomic E-state index is 0.0503. The molecular weight excluding hydrogens is 508 g/mol. The molecule has 0 unspecified atom stereocenters. The predicted octanol–water partition coefficient (Wildman–Crippen LogP) is 0.268. The zero-order chi connectivity index (χ0) is 27.6. The van der Waals surface area contributed by atoms with Gasteiger partial charge in [0, 0.05) is 26.8 Å². The predicted molar refractivity (Wildman–Crippen MR) is 123 cm³/mol. The minimum Gasteiger partial charge on any atom is -0.463 e. The monoisotopic (exact) mass is 530 g/mol. The van der Waals surface area contributed by atoms with Crippen LogP contribution in [0.25, 0.3) is 11.2 Å². The smallest absolute Gasteiger partial charge is 0.303 e. The highest BCUT2D eigenvalue weighted by Crippen LogP contribution is 2.35. The van der Waals surface area contributed by atoms with Gasteiger partial charge in [-0.15, -0.1) is 5.10 Å². The number of fused-ring (bicyclic) bond motifs is 1. The molecule has 1 fully saturated rings. The summed E-state index contributed by atoms with van der Waals surface area (Å²) < 4.78 is 23.9. The third-order valence-corrected chi connectivity index (χ3v) is 5.58. The first-order valence-electron chi connectivity index (χ1n) is 11.2. The molecule has 3 heterocycles. The largest absolute Gasteiger partial charge is 0.463 e. The molecule has 0 saturated carbocycles. The Morgan fingerprint density at radius 2 is 1.76 bits per heavy atom. The van der Waals surface area contributed by atoms with Crippen LogP contribution in [-0.4, -0.2) is 72.3 Å². The number of nitrogens with zero attached hydrogens (tertiary/aromatic N) is 6. The Morgan fingerprint density at radius 1 is 1.08 bits per heavy atom. The van der Waals surface area contributed by atoms with E-state index in [0.717, 1.165) is 18.5 Å². The zero-order valence-electron chi connectivity index (χ0n) is 20.4. The number of carbonyl (C=O) groups excluding carboxylic acids is 3. The van der Waals surface area contributed by atoms with E-state index in [1.54, 1.807) is 6.07 Å². The van der Waals surface area contributed by atoms with Crippen molar-refractivity contribution < 1.29 is 38.3 Å². The highest BCUT2D eigenvalue weighted by molar-refractivity contribution is 5.69. The van der Waals surface area contributed by atoms with Crippen LogP contribution in [0.15, 0.2) is 35.4 Å². The van der Waals surface area contributed by atoms with Crippen molar-refractivity contribution in [2.24, 2.45) is 0 Å². The van der Waals surface area contributed by atoms with Crippen LogP contribution in [0.2, 0.25) is 0 Å². The number of carbonyl (C=O) groups is 3. The third kappa shape index (κ3) is 5.34. The van der Waals surface area contributed by atoms with Crippen LogP contribution in [0.3, 0.4) is 0 Å². The highest BCUT2D eigenvalue weighted by atomic mass is 16.7. The van der Waals surface area contributed by atoms with Crippen molar-refractivity contribution in [1.82, 2.24) is 24.5 Å². The van der Waals surface area contributed by atoms with E-state index >= 15 is 0 Å². The normalized spacial score (nSPS) is 20.7. The maximum atomic E-state index is 13.1. The number of imidazole rings is 1. The number of ether oxygens (including phenoxy) is 4. The SMILES string of the molecule is CC(=O)OC[C@H]1O[C@@H](n2cnc3c(=O)n(Cc4ccccc4[N+](=O)[O-])nnc32)[C@H](OC(C)=O)[C@@H]1OC(C)=O. The summed E-state index contributed by atoms with van der Waals surface area (Å²) in [6.07, 6.45) is -3.39. The Labute approximate surface area is 213 Å². The van der Waals surface area contributed by atoms with Crippen LogP contribution in [0.1, 0.15) is 32.6 Å². The van der Waals surface area contributed by atoms with Crippen LogP contribution in [0.4, 0.5) is 5.69 Å². The van der Waals surface area contributed by atoms with Gasteiger partial charge in [-0.05, 0) is 0 Å². The first-order chi connectivity index (χ1) is 18.1. The lowest BCUT2D eigenvalue weighted by Gasteiger charge is -2.23. The fourth-order valence-corrected chi connectivity index (χ4v) is 4.05. The maximum Gasteiger partial charge on any atom is 0.303 e. The van der Waals surface area contributed by atoms with Crippen molar-refractivity contribution in [3.05, 3.63) is 56.6 Å². The summed E-state index contributed by atoms with van der Waals surface area (Å²) in [5.74, 6) is -2.02. The number of rotatable bonds is 8. The Kier molecular flexibility index (Phi) is 7.43. The van der Waals surface area contributed by atoms with Gasteiger partial charge in [0.25, 0.3) is 11.2 Å². The second kappa shape index (κ2) is 10.7. The molecule has 0 amide bonds. The Bertz CT molecular complexity index is 1470. The molecule has 1 aliphatic rings. The zero-order valence-corrected chi connectivity index (χ0v) is 20.4. The number of hydrogen-bond donors (Lipinski definition) is 0. The number of nitro benzene ring substituents is 1.